The summed E-state index contributed by atoms with van der Waals surface area (Å²) in [5.41, 5.74) is 4.69. The number of nitrogens with zero attached hydrogens (tertiary/aromatic N) is 3. The molecule has 1 fully saturated rings. The first-order valence-electron chi connectivity index (χ1n) is 15.9. The number of phenolic OH excluding ortho intramolecular Hbond substituents is 1. The van der Waals surface area contributed by atoms with Crippen LogP contribution in [-0.4, -0.2) is 77.1 Å². The number of anilines is 1. The molecule has 3 aromatic rings. The molecule has 44 heavy (non-hydrogen) atoms. The second-order valence-electron chi connectivity index (χ2n) is 11.7. The van der Waals surface area contributed by atoms with E-state index in [1.54, 1.807) is 10.7 Å². The molecule has 2 amide bonds. The number of rotatable bonds is 14. The van der Waals surface area contributed by atoms with Crippen molar-refractivity contribution in [3.63, 3.8) is 0 Å². The number of fused-ring (bicyclic) bond motifs is 1. The maximum Gasteiger partial charge on any atom is 0.262 e. The van der Waals surface area contributed by atoms with Crippen LogP contribution in [0.4, 0.5) is 5.69 Å². The highest BCUT2D eigenvalue weighted by molar-refractivity contribution is 5.97. The Morgan fingerprint density at radius 1 is 1.11 bits per heavy atom. The first kappa shape index (κ1) is 31.5. The monoisotopic (exact) mass is 603 g/mol. The number of aryl methyl sites for hydroxylation is 1. The van der Waals surface area contributed by atoms with Crippen molar-refractivity contribution in [2.75, 3.05) is 44.8 Å². The first-order valence-corrected chi connectivity index (χ1v) is 15.9. The van der Waals surface area contributed by atoms with Gasteiger partial charge in [-0.25, -0.2) is 0 Å². The molecule has 2 aromatic carbocycles. The number of hydrogen-bond donors (Lipinski definition) is 3. The lowest BCUT2D eigenvalue weighted by Crippen LogP contribution is -2.44. The van der Waals surface area contributed by atoms with Crippen LogP contribution in [0.2, 0.25) is 0 Å². The Balaban J connectivity index is 1.07. The Kier molecular flexibility index (Phi) is 11.3. The van der Waals surface area contributed by atoms with E-state index in [-0.39, 0.29) is 30.2 Å². The van der Waals surface area contributed by atoms with E-state index < -0.39 is 0 Å². The summed E-state index contributed by atoms with van der Waals surface area (Å²) in [4.78, 5) is 27.2. The summed E-state index contributed by atoms with van der Waals surface area (Å²) >= 11 is 0. The Labute approximate surface area is 259 Å². The maximum absolute atomic E-state index is 13.4. The fourth-order valence-electron chi connectivity index (χ4n) is 6.11. The Morgan fingerprint density at radius 2 is 1.95 bits per heavy atom. The van der Waals surface area contributed by atoms with Gasteiger partial charge in [0.15, 0.2) is 12.4 Å². The molecule has 2 aliphatic rings. The summed E-state index contributed by atoms with van der Waals surface area (Å²) in [6.45, 7) is 2.97. The number of carbonyl (C=O) groups is 2. The third-order valence-electron chi connectivity index (χ3n) is 8.48. The number of aromatic nitrogens is 2. The molecule has 1 saturated carbocycles. The molecule has 0 saturated heterocycles. The van der Waals surface area contributed by atoms with E-state index in [4.69, 9.17) is 9.47 Å². The van der Waals surface area contributed by atoms with E-state index in [2.05, 4.69) is 44.9 Å². The third kappa shape index (κ3) is 8.60. The maximum atomic E-state index is 13.4. The average molecular weight is 604 g/mol. The van der Waals surface area contributed by atoms with E-state index in [0.29, 0.717) is 57.1 Å². The average Bonchev–Trinajstić information content (AvgIpc) is 3.29. The molecular weight excluding hydrogens is 558 g/mol. The predicted octanol–water partition coefficient (Wildman–Crippen LogP) is 4.46. The van der Waals surface area contributed by atoms with Crippen LogP contribution in [0.15, 0.2) is 48.8 Å². The molecule has 0 bridgehead atoms. The highest BCUT2D eigenvalue weighted by atomic mass is 16.5. The van der Waals surface area contributed by atoms with E-state index in [1.807, 2.05) is 25.5 Å². The van der Waals surface area contributed by atoms with Crippen molar-refractivity contribution in [3.8, 4) is 22.6 Å². The van der Waals surface area contributed by atoms with Crippen molar-refractivity contribution in [1.29, 1.82) is 0 Å². The molecule has 1 aromatic heterocycles. The quantitative estimate of drug-likeness (QED) is 0.142. The third-order valence-corrected chi connectivity index (χ3v) is 8.48. The van der Waals surface area contributed by atoms with Crippen molar-refractivity contribution in [2.24, 2.45) is 7.05 Å². The lowest BCUT2D eigenvalue weighted by molar-refractivity contribution is -0.135. The van der Waals surface area contributed by atoms with Gasteiger partial charge < -0.3 is 30.1 Å². The van der Waals surface area contributed by atoms with Gasteiger partial charge in [-0.15, -0.1) is 0 Å². The highest BCUT2D eigenvalue weighted by Gasteiger charge is 2.25. The molecule has 10 heteroatoms. The summed E-state index contributed by atoms with van der Waals surface area (Å²) in [5, 5.41) is 20.5. The molecule has 0 radical (unpaired) electrons. The van der Waals surface area contributed by atoms with Crippen molar-refractivity contribution < 1.29 is 24.2 Å². The number of hydrogen-bond acceptors (Lipinski definition) is 7. The van der Waals surface area contributed by atoms with E-state index in [1.165, 1.54) is 31.2 Å². The zero-order valence-corrected chi connectivity index (χ0v) is 25.7. The number of ether oxygens (including phenoxy) is 2. The topological polar surface area (TPSA) is 118 Å². The minimum Gasteiger partial charge on any atom is -0.506 e. The van der Waals surface area contributed by atoms with Gasteiger partial charge in [0.05, 0.1) is 25.8 Å². The minimum atomic E-state index is -0.275. The second-order valence-corrected chi connectivity index (χ2v) is 11.7. The molecule has 1 aliphatic heterocycles. The molecule has 0 spiro atoms. The normalized spacial score (nSPS) is 15.2. The lowest BCUT2D eigenvalue weighted by atomic mass is 10.0. The Hall–Kier alpha value is -3.89. The molecule has 10 nitrogen and oxygen atoms in total. The molecule has 3 N–H and O–H groups in total. The first-order chi connectivity index (χ1) is 21.5. The number of aromatic hydroxyl groups is 1. The van der Waals surface area contributed by atoms with Crippen LogP contribution in [0.3, 0.4) is 0 Å². The fourth-order valence-corrected chi connectivity index (χ4v) is 6.11. The van der Waals surface area contributed by atoms with Gasteiger partial charge in [0.25, 0.3) is 5.91 Å². The number of phenols is 1. The zero-order chi connectivity index (χ0) is 30.7. The van der Waals surface area contributed by atoms with E-state index in [0.717, 1.165) is 36.0 Å². The van der Waals surface area contributed by atoms with Crippen LogP contribution < -0.4 is 15.4 Å². The second kappa shape index (κ2) is 15.7. The largest absolute Gasteiger partial charge is 0.506 e. The summed E-state index contributed by atoms with van der Waals surface area (Å²) in [6.07, 6.45) is 12.7. The van der Waals surface area contributed by atoms with Crippen molar-refractivity contribution in [2.45, 2.75) is 63.8 Å². The standard InChI is InChI=1S/C34H45N5O5/c1-38-23-28(22-36-38)27-8-6-7-25(21-27)14-19-43-20-15-32(42)39(29-9-4-2-3-5-10-29)18-17-35-16-13-26-11-12-30(40)33-34(26)44-24-31(41)37-33/h6-8,11-12,21-23,29,35,40H,2-5,9-10,13-20,24H2,1H3,(H,37,41). The number of carbonyl (C=O) groups excluding carboxylic acids is 2. The van der Waals surface area contributed by atoms with Crippen molar-refractivity contribution >= 4 is 17.5 Å². The van der Waals surface area contributed by atoms with Gasteiger partial charge in [-0.05, 0) is 55.0 Å². The summed E-state index contributed by atoms with van der Waals surface area (Å²) < 4.78 is 13.3. The van der Waals surface area contributed by atoms with Crippen LogP contribution in [0.1, 0.15) is 56.1 Å². The molecule has 5 rings (SSSR count). The number of nitrogens with one attached hydrogen (secondary N) is 2. The van der Waals surface area contributed by atoms with Crippen LogP contribution in [0.5, 0.6) is 11.5 Å². The molecule has 1 aliphatic carbocycles. The van der Waals surface area contributed by atoms with Gasteiger partial charge in [-0.2, -0.15) is 5.10 Å². The zero-order valence-electron chi connectivity index (χ0n) is 25.7. The molecule has 0 atom stereocenters. The van der Waals surface area contributed by atoms with Gasteiger partial charge in [0.1, 0.15) is 11.4 Å². The van der Waals surface area contributed by atoms with Crippen LogP contribution in [0, 0.1) is 0 Å². The highest BCUT2D eigenvalue weighted by Crippen LogP contribution is 2.39. The lowest BCUT2D eigenvalue weighted by Gasteiger charge is -2.31. The molecule has 0 unspecified atom stereocenters. The SMILES string of the molecule is Cn1cc(-c2cccc(CCOCCC(=O)N(CCNCCc3ccc(O)c4c3OCC(=O)N4)C3CCCCCC3)c2)cn1. The van der Waals surface area contributed by atoms with Gasteiger partial charge in [0, 0.05) is 37.9 Å². The number of amides is 2. The van der Waals surface area contributed by atoms with E-state index >= 15 is 0 Å². The van der Waals surface area contributed by atoms with Gasteiger partial charge in [-0.1, -0.05) is 56.0 Å². The van der Waals surface area contributed by atoms with Crippen LogP contribution >= 0.6 is 0 Å². The molecular formula is C34H45N5O5. The van der Waals surface area contributed by atoms with Crippen LogP contribution in [-0.2, 0) is 34.2 Å². The van der Waals surface area contributed by atoms with Gasteiger partial charge >= 0.3 is 0 Å². The summed E-state index contributed by atoms with van der Waals surface area (Å²) in [7, 11) is 1.92. The van der Waals surface area contributed by atoms with E-state index in [9.17, 15) is 14.7 Å². The van der Waals surface area contributed by atoms with Crippen LogP contribution in [0.25, 0.3) is 11.1 Å². The van der Waals surface area contributed by atoms with Gasteiger partial charge in [-0.3, -0.25) is 14.3 Å². The van der Waals surface area contributed by atoms with Crippen molar-refractivity contribution in [3.05, 3.63) is 59.9 Å². The summed E-state index contributed by atoms with van der Waals surface area (Å²) in [6, 6.07) is 12.1. The smallest absolute Gasteiger partial charge is 0.262 e. The fraction of sp³-hybridized carbons (Fsp3) is 0.500. The minimum absolute atomic E-state index is 0.00123. The van der Waals surface area contributed by atoms with Crippen molar-refractivity contribution in [1.82, 2.24) is 20.0 Å². The summed E-state index contributed by atoms with van der Waals surface area (Å²) in [5.74, 6) is 0.418. The Bertz CT molecular complexity index is 1400. The van der Waals surface area contributed by atoms with Gasteiger partial charge in [0.2, 0.25) is 5.91 Å². The Morgan fingerprint density at radius 3 is 2.75 bits per heavy atom. The predicted molar refractivity (Wildman–Crippen MR) is 170 cm³/mol. The number of benzene rings is 2. The molecule has 236 valence electrons. The molecule has 2 heterocycles.